The summed E-state index contributed by atoms with van der Waals surface area (Å²) in [5.74, 6) is -2.55. The van der Waals surface area contributed by atoms with Crippen molar-refractivity contribution in [2.24, 2.45) is 0 Å². The summed E-state index contributed by atoms with van der Waals surface area (Å²) in [4.78, 5) is 36.7. The van der Waals surface area contributed by atoms with Crippen LogP contribution < -0.4 is 10.2 Å². The lowest BCUT2D eigenvalue weighted by atomic mass is 10.2. The summed E-state index contributed by atoms with van der Waals surface area (Å²) >= 11 is 0. The lowest BCUT2D eigenvalue weighted by Crippen LogP contribution is -2.23. The minimum absolute atomic E-state index is 0.199. The van der Waals surface area contributed by atoms with Gasteiger partial charge in [-0.1, -0.05) is 13.3 Å². The Labute approximate surface area is 109 Å². The molecule has 0 fully saturated rings. The zero-order valence-corrected chi connectivity index (χ0v) is 10.7. The Morgan fingerprint density at radius 3 is 2.63 bits per heavy atom. The fourth-order valence-corrected chi connectivity index (χ4v) is 1.39. The molecule has 0 aliphatic rings. The van der Waals surface area contributed by atoms with E-state index in [0.717, 1.165) is 19.7 Å². The van der Waals surface area contributed by atoms with Gasteiger partial charge < -0.3 is 19.6 Å². The van der Waals surface area contributed by atoms with E-state index < -0.39 is 17.4 Å². The number of H-pyrrole nitrogens is 1. The van der Waals surface area contributed by atoms with E-state index in [1.165, 1.54) is 0 Å². The number of aromatic nitrogens is 1. The van der Waals surface area contributed by atoms with Crippen molar-refractivity contribution in [1.29, 1.82) is 0 Å². The van der Waals surface area contributed by atoms with E-state index in [0.29, 0.717) is 6.42 Å². The first-order chi connectivity index (χ1) is 9.02. The summed E-state index contributed by atoms with van der Waals surface area (Å²) < 4.78 is 9.61. The van der Waals surface area contributed by atoms with Gasteiger partial charge in [-0.2, -0.15) is 0 Å². The number of esters is 1. The fraction of sp³-hybridized carbons (Fsp3) is 0.417. The van der Waals surface area contributed by atoms with Gasteiger partial charge in [0.25, 0.3) is 0 Å². The number of carboxylic acid groups (broad SMARTS) is 1. The number of aromatic amines is 1. The topological polar surface area (TPSA) is 106 Å². The monoisotopic (exact) mass is 269 g/mol. The maximum atomic E-state index is 12.0. The van der Waals surface area contributed by atoms with Crippen LogP contribution in [0.5, 0.6) is 5.75 Å². The van der Waals surface area contributed by atoms with E-state index >= 15 is 0 Å². The largest absolute Gasteiger partial charge is 0.487 e. The maximum absolute atomic E-state index is 12.0. The van der Waals surface area contributed by atoms with Crippen LogP contribution >= 0.6 is 0 Å². The van der Waals surface area contributed by atoms with Crippen molar-refractivity contribution in [2.75, 3.05) is 13.7 Å². The number of pyridine rings is 1. The fourth-order valence-electron chi connectivity index (χ4n) is 1.39. The molecule has 0 radical (unpaired) electrons. The van der Waals surface area contributed by atoms with Gasteiger partial charge in [-0.05, 0) is 6.42 Å². The molecule has 19 heavy (non-hydrogen) atoms. The van der Waals surface area contributed by atoms with Crippen LogP contribution in [0.2, 0.25) is 0 Å². The molecule has 0 saturated carbocycles. The van der Waals surface area contributed by atoms with Crippen molar-refractivity contribution >= 4 is 11.9 Å². The van der Waals surface area contributed by atoms with Gasteiger partial charge in [0.15, 0.2) is 11.4 Å². The number of methoxy groups -OCH3 is 1. The zero-order valence-electron chi connectivity index (χ0n) is 10.7. The van der Waals surface area contributed by atoms with Crippen molar-refractivity contribution in [3.63, 3.8) is 0 Å². The highest BCUT2D eigenvalue weighted by molar-refractivity contribution is 5.93. The van der Waals surface area contributed by atoms with Crippen LogP contribution in [0.15, 0.2) is 11.0 Å². The van der Waals surface area contributed by atoms with Crippen LogP contribution in [-0.2, 0) is 4.74 Å². The number of aromatic carboxylic acids is 1. The zero-order chi connectivity index (χ0) is 14.4. The van der Waals surface area contributed by atoms with E-state index in [-0.39, 0.29) is 23.6 Å². The van der Waals surface area contributed by atoms with Crippen molar-refractivity contribution in [1.82, 2.24) is 4.98 Å². The van der Waals surface area contributed by atoms with Crippen molar-refractivity contribution in [2.45, 2.75) is 19.8 Å². The second kappa shape index (κ2) is 6.58. The minimum Gasteiger partial charge on any atom is -0.487 e. The Hall–Kier alpha value is -2.31. The number of hydrogen-bond donors (Lipinski definition) is 2. The molecule has 1 heterocycles. The number of unbranched alkanes of at least 4 members (excludes halogenated alkanes) is 1. The van der Waals surface area contributed by atoms with E-state index in [1.807, 2.05) is 6.92 Å². The van der Waals surface area contributed by atoms with E-state index in [2.05, 4.69) is 9.72 Å². The average Bonchev–Trinajstić information content (AvgIpc) is 2.39. The predicted octanol–water partition coefficient (Wildman–Crippen LogP) is 1.04. The molecule has 0 amide bonds. The molecule has 0 atom stereocenters. The molecule has 7 heteroatoms. The third-order valence-corrected chi connectivity index (χ3v) is 2.40. The number of hydrogen-bond acceptors (Lipinski definition) is 5. The molecule has 1 aromatic heterocycles. The minimum atomic E-state index is -1.33. The molecule has 2 N–H and O–H groups in total. The van der Waals surface area contributed by atoms with Gasteiger partial charge >= 0.3 is 11.9 Å². The van der Waals surface area contributed by atoms with Crippen LogP contribution in [0.25, 0.3) is 0 Å². The average molecular weight is 269 g/mol. The number of ether oxygens (including phenoxy) is 2. The van der Waals surface area contributed by atoms with Gasteiger partial charge in [0.2, 0.25) is 5.43 Å². The van der Waals surface area contributed by atoms with Gasteiger partial charge in [-0.15, -0.1) is 0 Å². The summed E-state index contributed by atoms with van der Waals surface area (Å²) in [6, 6.07) is 0. The van der Waals surface area contributed by atoms with Crippen LogP contribution in [-0.4, -0.2) is 35.7 Å². The van der Waals surface area contributed by atoms with Gasteiger partial charge in [0.1, 0.15) is 5.56 Å². The number of carbonyl (C=O) groups excluding carboxylic acids is 1. The molecule has 0 aliphatic carbocycles. The Balaban J connectivity index is 3.24. The molecular formula is C12H15NO6. The number of nitrogens with one attached hydrogen (secondary N) is 1. The Morgan fingerprint density at radius 1 is 1.42 bits per heavy atom. The van der Waals surface area contributed by atoms with Gasteiger partial charge in [0.05, 0.1) is 13.7 Å². The van der Waals surface area contributed by atoms with Crippen LogP contribution in [0.3, 0.4) is 0 Å². The summed E-state index contributed by atoms with van der Waals surface area (Å²) in [6.07, 6.45) is 2.50. The maximum Gasteiger partial charge on any atom is 0.356 e. The predicted molar refractivity (Wildman–Crippen MR) is 65.8 cm³/mol. The number of carbonyl (C=O) groups is 2. The Kier molecular flexibility index (Phi) is 5.11. The summed E-state index contributed by atoms with van der Waals surface area (Å²) in [5.41, 5.74) is -1.47. The summed E-state index contributed by atoms with van der Waals surface area (Å²) in [7, 11) is 1.13. The highest BCUT2D eigenvalue weighted by Crippen LogP contribution is 2.13. The first-order valence-corrected chi connectivity index (χ1v) is 5.73. The standard InChI is InChI=1S/C12H15NO6/c1-3-4-5-19-10-8(11(15)16)13-6-7(9(10)14)12(17)18-2/h6H,3-5H2,1-2H3,(H,13,14)(H,15,16). The lowest BCUT2D eigenvalue weighted by Gasteiger charge is -2.09. The highest BCUT2D eigenvalue weighted by Gasteiger charge is 2.22. The van der Waals surface area contributed by atoms with Crippen molar-refractivity contribution in [3.8, 4) is 5.75 Å². The van der Waals surface area contributed by atoms with Gasteiger partial charge in [-0.25, -0.2) is 9.59 Å². The SMILES string of the molecule is CCCCOc1c(C(=O)O)[nH]cc(C(=O)OC)c1=O. The normalized spacial score (nSPS) is 10.0. The second-order valence-corrected chi connectivity index (χ2v) is 3.73. The van der Waals surface area contributed by atoms with Crippen molar-refractivity contribution < 1.29 is 24.2 Å². The third-order valence-electron chi connectivity index (χ3n) is 2.40. The van der Waals surface area contributed by atoms with Crippen LogP contribution in [0, 0.1) is 0 Å². The molecule has 0 saturated heterocycles. The van der Waals surface area contributed by atoms with E-state index in [9.17, 15) is 14.4 Å². The highest BCUT2D eigenvalue weighted by atomic mass is 16.5. The second-order valence-electron chi connectivity index (χ2n) is 3.73. The first kappa shape index (κ1) is 14.7. The van der Waals surface area contributed by atoms with Gasteiger partial charge in [0, 0.05) is 6.20 Å². The molecular weight excluding hydrogens is 254 g/mol. The van der Waals surface area contributed by atoms with Crippen molar-refractivity contribution in [3.05, 3.63) is 27.7 Å². The van der Waals surface area contributed by atoms with E-state index in [4.69, 9.17) is 9.84 Å². The molecule has 1 aromatic rings. The van der Waals surface area contributed by atoms with Gasteiger partial charge in [-0.3, -0.25) is 4.79 Å². The van der Waals surface area contributed by atoms with Crippen LogP contribution in [0.1, 0.15) is 40.6 Å². The Morgan fingerprint density at radius 2 is 2.11 bits per heavy atom. The molecule has 1 rings (SSSR count). The number of carboxylic acids is 1. The first-order valence-electron chi connectivity index (χ1n) is 5.73. The smallest absolute Gasteiger partial charge is 0.356 e. The summed E-state index contributed by atoms with van der Waals surface area (Å²) in [6.45, 7) is 2.13. The molecule has 7 nitrogen and oxygen atoms in total. The molecule has 0 aliphatic heterocycles. The third kappa shape index (κ3) is 3.34. The molecule has 0 aromatic carbocycles. The number of rotatable bonds is 6. The van der Waals surface area contributed by atoms with E-state index in [1.54, 1.807) is 0 Å². The molecule has 104 valence electrons. The van der Waals surface area contributed by atoms with Crippen LogP contribution in [0.4, 0.5) is 0 Å². The Bertz CT molecular complexity index is 534. The quantitative estimate of drug-likeness (QED) is 0.590. The molecule has 0 bridgehead atoms. The molecule has 0 unspecified atom stereocenters. The molecule has 0 spiro atoms. The lowest BCUT2D eigenvalue weighted by molar-refractivity contribution is 0.0594. The summed E-state index contributed by atoms with van der Waals surface area (Å²) in [5, 5.41) is 8.97.